The molecule has 0 saturated carbocycles. The van der Waals surface area contributed by atoms with Crippen LogP contribution in [-0.4, -0.2) is 20.5 Å². The topological polar surface area (TPSA) is 59.3 Å². The van der Waals surface area contributed by atoms with Gasteiger partial charge in [-0.1, -0.05) is 6.07 Å². The number of pyridine rings is 2. The third kappa shape index (κ3) is 2.30. The van der Waals surface area contributed by atoms with Crippen LogP contribution in [0.5, 0.6) is 0 Å². The van der Waals surface area contributed by atoms with Crippen LogP contribution in [0.1, 0.15) is 15.9 Å². The molecule has 0 aliphatic heterocycles. The Balaban J connectivity index is 1.91. The third-order valence-corrected chi connectivity index (χ3v) is 3.79. The average molecular weight is 331 g/mol. The van der Waals surface area contributed by atoms with Gasteiger partial charge in [-0.05, 0) is 46.6 Å². The predicted molar refractivity (Wildman–Crippen MR) is 79.8 cm³/mol. The molecule has 6 heteroatoms. The van der Waals surface area contributed by atoms with Gasteiger partial charge >= 0.3 is 0 Å². The van der Waals surface area contributed by atoms with Crippen molar-refractivity contribution in [2.75, 3.05) is 5.32 Å². The maximum atomic E-state index is 12.3. The number of fused-ring (bicyclic) bond motifs is 1. The van der Waals surface area contributed by atoms with E-state index in [0.717, 1.165) is 15.6 Å². The molecule has 3 heterocycles. The first kappa shape index (κ1) is 12.8. The first-order chi connectivity index (χ1) is 9.65. The van der Waals surface area contributed by atoms with Crippen LogP contribution >= 0.6 is 15.9 Å². The first-order valence-electron chi connectivity index (χ1n) is 6.01. The molecule has 0 atom stereocenters. The summed E-state index contributed by atoms with van der Waals surface area (Å²) in [5.74, 6) is 0.298. The lowest BCUT2D eigenvalue weighted by atomic mass is 10.2. The minimum atomic E-state index is -0.222. The van der Waals surface area contributed by atoms with Gasteiger partial charge in [-0.15, -0.1) is 0 Å². The quantitative estimate of drug-likeness (QED) is 0.785. The van der Waals surface area contributed by atoms with Gasteiger partial charge in [0.15, 0.2) is 0 Å². The van der Waals surface area contributed by atoms with Crippen molar-refractivity contribution in [2.24, 2.45) is 0 Å². The summed E-state index contributed by atoms with van der Waals surface area (Å²) in [5, 5.41) is 6.92. The van der Waals surface area contributed by atoms with Gasteiger partial charge in [-0.3, -0.25) is 4.79 Å². The molecule has 0 unspecified atom stereocenters. The molecule has 0 saturated heterocycles. The van der Waals surface area contributed by atoms with Gasteiger partial charge in [0, 0.05) is 16.9 Å². The number of amides is 1. The van der Waals surface area contributed by atoms with Crippen LogP contribution in [-0.2, 0) is 0 Å². The molecular weight excluding hydrogens is 320 g/mol. The Hall–Kier alpha value is -2.21. The molecule has 100 valence electrons. The number of halogens is 1. The largest absolute Gasteiger partial charge is 0.306 e. The van der Waals surface area contributed by atoms with Crippen LogP contribution in [0.3, 0.4) is 0 Å². The van der Waals surface area contributed by atoms with Gasteiger partial charge in [0.1, 0.15) is 5.82 Å². The normalized spacial score (nSPS) is 10.7. The van der Waals surface area contributed by atoms with E-state index < -0.39 is 0 Å². The number of hydrogen-bond acceptors (Lipinski definition) is 3. The van der Waals surface area contributed by atoms with Crippen LogP contribution in [0.25, 0.3) is 5.52 Å². The Morgan fingerprint density at radius 1 is 1.35 bits per heavy atom. The van der Waals surface area contributed by atoms with E-state index in [2.05, 4.69) is 31.3 Å². The van der Waals surface area contributed by atoms with Gasteiger partial charge in [0.25, 0.3) is 5.91 Å². The molecule has 5 nitrogen and oxygen atoms in total. The molecule has 0 aromatic carbocycles. The summed E-state index contributed by atoms with van der Waals surface area (Å²) in [5.41, 5.74) is 2.29. The zero-order valence-corrected chi connectivity index (χ0v) is 12.3. The fraction of sp³-hybridized carbons (Fsp3) is 0.0714. The highest BCUT2D eigenvalue weighted by Gasteiger charge is 2.13. The van der Waals surface area contributed by atoms with Gasteiger partial charge in [-0.2, -0.15) is 5.10 Å². The van der Waals surface area contributed by atoms with Gasteiger partial charge in [0.05, 0.1) is 17.3 Å². The van der Waals surface area contributed by atoms with E-state index in [0.29, 0.717) is 11.4 Å². The van der Waals surface area contributed by atoms with Crippen molar-refractivity contribution in [1.29, 1.82) is 0 Å². The van der Waals surface area contributed by atoms with E-state index in [1.807, 2.05) is 31.2 Å². The molecule has 1 N–H and O–H groups in total. The fourth-order valence-electron chi connectivity index (χ4n) is 1.90. The van der Waals surface area contributed by atoms with Crippen molar-refractivity contribution in [3.63, 3.8) is 0 Å². The number of anilines is 1. The lowest BCUT2D eigenvalue weighted by Crippen LogP contribution is -2.12. The van der Waals surface area contributed by atoms with Crippen LogP contribution in [0.4, 0.5) is 5.82 Å². The number of hydrogen-bond donors (Lipinski definition) is 1. The predicted octanol–water partition coefficient (Wildman–Crippen LogP) is 3.05. The molecule has 1 amide bonds. The molecule has 3 rings (SSSR count). The molecular formula is C14H11BrN4O. The molecule has 3 aromatic heterocycles. The summed E-state index contributed by atoms with van der Waals surface area (Å²) in [7, 11) is 0. The summed E-state index contributed by atoms with van der Waals surface area (Å²) >= 11 is 3.38. The molecule has 3 aromatic rings. The zero-order valence-electron chi connectivity index (χ0n) is 10.7. The van der Waals surface area contributed by atoms with Gasteiger partial charge < -0.3 is 5.32 Å². The van der Waals surface area contributed by atoms with E-state index in [1.54, 1.807) is 23.1 Å². The molecule has 0 spiro atoms. The Kier molecular flexibility index (Phi) is 3.23. The Bertz CT molecular complexity index is 797. The highest BCUT2D eigenvalue weighted by atomic mass is 79.9. The molecule has 0 radical (unpaired) electrons. The van der Waals surface area contributed by atoms with Crippen LogP contribution < -0.4 is 5.32 Å². The van der Waals surface area contributed by atoms with Gasteiger partial charge in [-0.25, -0.2) is 9.50 Å². The molecule has 0 aliphatic carbocycles. The minimum absolute atomic E-state index is 0.222. The average Bonchev–Trinajstić information content (AvgIpc) is 2.87. The highest BCUT2D eigenvalue weighted by molar-refractivity contribution is 9.10. The summed E-state index contributed by atoms with van der Waals surface area (Å²) in [6.07, 6.45) is 5.02. The first-order valence-corrected chi connectivity index (χ1v) is 6.80. The van der Waals surface area contributed by atoms with Crippen molar-refractivity contribution in [3.05, 3.63) is 58.5 Å². The number of aromatic nitrogens is 3. The second-order valence-electron chi connectivity index (χ2n) is 4.36. The van der Waals surface area contributed by atoms with Crippen molar-refractivity contribution < 1.29 is 4.79 Å². The standard InChI is InChI=1S/C14H11BrN4O/c1-9-6-13(16-8-11(9)15)18-14(20)10-7-17-19-5-3-2-4-12(10)19/h2-8H,1H3,(H,16,18,20). The highest BCUT2D eigenvalue weighted by Crippen LogP contribution is 2.18. The Morgan fingerprint density at radius 3 is 3.00 bits per heavy atom. The SMILES string of the molecule is Cc1cc(NC(=O)c2cnn3ccccc23)ncc1Br. The second-order valence-corrected chi connectivity index (χ2v) is 5.22. The van der Waals surface area contributed by atoms with Crippen molar-refractivity contribution in [2.45, 2.75) is 6.92 Å². The van der Waals surface area contributed by atoms with Crippen molar-refractivity contribution >= 4 is 33.2 Å². The Labute approximate surface area is 123 Å². The summed E-state index contributed by atoms with van der Waals surface area (Å²) in [4.78, 5) is 16.4. The zero-order chi connectivity index (χ0) is 14.1. The number of carbonyl (C=O) groups is 1. The second kappa shape index (κ2) is 5.05. The van der Waals surface area contributed by atoms with E-state index in [9.17, 15) is 4.79 Å². The third-order valence-electron chi connectivity index (χ3n) is 2.96. The Morgan fingerprint density at radius 2 is 2.20 bits per heavy atom. The maximum absolute atomic E-state index is 12.3. The molecule has 0 aliphatic rings. The lowest BCUT2D eigenvalue weighted by Gasteiger charge is -2.05. The van der Waals surface area contributed by atoms with Gasteiger partial charge in [0.2, 0.25) is 0 Å². The van der Waals surface area contributed by atoms with E-state index in [1.165, 1.54) is 0 Å². The van der Waals surface area contributed by atoms with E-state index >= 15 is 0 Å². The summed E-state index contributed by atoms with van der Waals surface area (Å²) in [6.45, 7) is 1.94. The number of carbonyl (C=O) groups excluding carboxylic acids is 1. The summed E-state index contributed by atoms with van der Waals surface area (Å²) in [6, 6.07) is 7.40. The van der Waals surface area contributed by atoms with Crippen molar-refractivity contribution in [1.82, 2.24) is 14.6 Å². The molecule has 20 heavy (non-hydrogen) atoms. The maximum Gasteiger partial charge on any atom is 0.260 e. The molecule has 0 bridgehead atoms. The van der Waals surface area contributed by atoms with Crippen molar-refractivity contribution in [3.8, 4) is 0 Å². The van der Waals surface area contributed by atoms with Crippen LogP contribution in [0, 0.1) is 6.92 Å². The van der Waals surface area contributed by atoms with E-state index in [4.69, 9.17) is 0 Å². The number of aryl methyl sites for hydroxylation is 1. The monoisotopic (exact) mass is 330 g/mol. The summed E-state index contributed by atoms with van der Waals surface area (Å²) < 4.78 is 2.57. The minimum Gasteiger partial charge on any atom is -0.306 e. The smallest absolute Gasteiger partial charge is 0.260 e. The number of nitrogens with zero attached hydrogens (tertiary/aromatic N) is 3. The number of rotatable bonds is 2. The van der Waals surface area contributed by atoms with Crippen LogP contribution in [0.2, 0.25) is 0 Å². The van der Waals surface area contributed by atoms with E-state index in [-0.39, 0.29) is 5.91 Å². The lowest BCUT2D eigenvalue weighted by molar-refractivity contribution is 0.102. The fourth-order valence-corrected chi connectivity index (χ4v) is 2.12. The number of nitrogens with one attached hydrogen (secondary N) is 1. The molecule has 0 fully saturated rings. The van der Waals surface area contributed by atoms with Crippen LogP contribution in [0.15, 0.2) is 47.3 Å².